The largest absolute Gasteiger partial charge is 0.444 e. The predicted octanol–water partition coefficient (Wildman–Crippen LogP) is 2.15. The first kappa shape index (κ1) is 19.1. The lowest BCUT2D eigenvalue weighted by Gasteiger charge is -2.23. The van der Waals surface area contributed by atoms with Crippen LogP contribution in [-0.4, -0.2) is 42.5 Å². The second kappa shape index (κ2) is 8.25. The molecule has 1 aromatic rings. The highest BCUT2D eigenvalue weighted by Gasteiger charge is 2.44. The van der Waals surface area contributed by atoms with Gasteiger partial charge in [-0.1, -0.05) is 35.2 Å². The monoisotopic (exact) mass is 346 g/mol. The van der Waals surface area contributed by atoms with Crippen LogP contribution in [-0.2, 0) is 20.7 Å². The van der Waals surface area contributed by atoms with Gasteiger partial charge in [-0.3, -0.25) is 4.79 Å². The number of alkyl carbamates (subject to hydrolysis) is 1. The minimum Gasteiger partial charge on any atom is -0.444 e. The van der Waals surface area contributed by atoms with Gasteiger partial charge >= 0.3 is 12.0 Å². The zero-order valence-electron chi connectivity index (χ0n) is 15.0. The molecule has 0 aromatic heterocycles. The zero-order valence-corrected chi connectivity index (χ0v) is 15.0. The predicted molar refractivity (Wildman–Crippen MR) is 94.4 cm³/mol. The van der Waals surface area contributed by atoms with Crippen LogP contribution in [0.15, 0.2) is 30.3 Å². The average Bonchev–Trinajstić information content (AvgIpc) is 3.01. The van der Waals surface area contributed by atoms with Crippen LogP contribution in [0.3, 0.4) is 0 Å². The maximum atomic E-state index is 12.9. The molecular weight excluding hydrogens is 320 g/mol. The maximum Gasteiger partial charge on any atom is 0.408 e. The lowest BCUT2D eigenvalue weighted by molar-refractivity contribution is -0.130. The normalized spacial score (nSPS) is 19.2. The lowest BCUT2D eigenvalue weighted by atomic mass is 10.0. The van der Waals surface area contributed by atoms with Crippen molar-refractivity contribution < 1.29 is 19.1 Å². The van der Waals surface area contributed by atoms with Gasteiger partial charge < -0.3 is 10.1 Å². The summed E-state index contributed by atoms with van der Waals surface area (Å²) in [7, 11) is 0. The van der Waals surface area contributed by atoms with Gasteiger partial charge in [-0.05, 0) is 26.3 Å². The molecule has 6 nitrogen and oxygen atoms in total. The number of amides is 2. The molecule has 1 aliphatic rings. The molecule has 1 N–H and O–H groups in total. The number of nitrogens with one attached hydrogen (secondary N) is 1. The maximum absolute atomic E-state index is 12.9. The molecule has 1 fully saturated rings. The third kappa shape index (κ3) is 5.67. The van der Waals surface area contributed by atoms with Gasteiger partial charge in [-0.2, -0.15) is 0 Å². The number of hydrogen-bond donors (Lipinski definition) is 1. The topological polar surface area (TPSA) is 78.4 Å². The SMILES string of the molecule is CC(C)(C)OC(=O)N[C@@H](Cc1ccccc1)C(=O)[N+]1CCC[C@H]1C=O. The van der Waals surface area contributed by atoms with E-state index >= 15 is 0 Å². The third-order valence-electron chi connectivity index (χ3n) is 4.01. The molecule has 1 aromatic carbocycles. The Morgan fingerprint density at radius 1 is 1.32 bits per heavy atom. The molecule has 0 spiro atoms. The molecule has 2 amide bonds. The summed E-state index contributed by atoms with van der Waals surface area (Å²) in [6, 6.07) is 8.29. The van der Waals surface area contributed by atoms with Crippen molar-refractivity contribution >= 4 is 18.3 Å². The fourth-order valence-electron chi connectivity index (χ4n) is 2.91. The highest BCUT2D eigenvalue weighted by Crippen LogP contribution is 2.16. The molecule has 0 unspecified atom stereocenters. The third-order valence-corrected chi connectivity index (χ3v) is 4.01. The highest BCUT2D eigenvalue weighted by atomic mass is 16.6. The van der Waals surface area contributed by atoms with Crippen LogP contribution in [0.25, 0.3) is 0 Å². The number of carbonyl (C=O) groups excluding carboxylic acids is 3. The molecule has 2 atom stereocenters. The summed E-state index contributed by atoms with van der Waals surface area (Å²) < 4.78 is 5.28. The van der Waals surface area contributed by atoms with Gasteiger partial charge in [-0.25, -0.2) is 9.59 Å². The Balaban J connectivity index is 2.14. The van der Waals surface area contributed by atoms with Crippen LogP contribution >= 0.6 is 0 Å². The van der Waals surface area contributed by atoms with Crippen LogP contribution in [0, 0.1) is 0 Å². The number of rotatable bonds is 5. The second-order valence-corrected chi connectivity index (χ2v) is 7.27. The minimum atomic E-state index is -0.766. The first-order valence-electron chi connectivity index (χ1n) is 8.59. The van der Waals surface area contributed by atoms with E-state index in [-0.39, 0.29) is 5.91 Å². The van der Waals surface area contributed by atoms with Crippen LogP contribution in [0.2, 0.25) is 0 Å². The number of hydrogen-bond acceptors (Lipinski definition) is 4. The fourth-order valence-corrected chi connectivity index (χ4v) is 2.91. The molecule has 0 saturated carbocycles. The van der Waals surface area contributed by atoms with Crippen molar-refractivity contribution in [3.63, 3.8) is 0 Å². The van der Waals surface area contributed by atoms with Crippen molar-refractivity contribution in [2.24, 2.45) is 0 Å². The summed E-state index contributed by atoms with van der Waals surface area (Å²) in [5.74, 6) is -0.246. The van der Waals surface area contributed by atoms with Gasteiger partial charge in [-0.15, -0.1) is 0 Å². The summed E-state index contributed by atoms with van der Waals surface area (Å²) in [5.41, 5.74) is 0.280. The number of ether oxygens (including phenoxy) is 1. The molecule has 1 saturated heterocycles. The van der Waals surface area contributed by atoms with E-state index in [0.29, 0.717) is 19.4 Å². The van der Waals surface area contributed by atoms with Crippen LogP contribution < -0.4 is 10.2 Å². The fraction of sp³-hybridized carbons (Fsp3) is 0.526. The molecule has 1 aliphatic heterocycles. The molecule has 2 rings (SSSR count). The van der Waals surface area contributed by atoms with Crippen molar-refractivity contribution in [1.29, 1.82) is 0 Å². The number of likely N-dealkylation sites (tertiary alicyclic amines) is 1. The summed E-state index contributed by atoms with van der Waals surface area (Å²) in [4.78, 5) is 37.8. The van der Waals surface area contributed by atoms with Crippen molar-refractivity contribution in [1.82, 2.24) is 10.2 Å². The van der Waals surface area contributed by atoms with Crippen LogP contribution in [0.4, 0.5) is 4.79 Å². The van der Waals surface area contributed by atoms with E-state index in [1.165, 1.54) is 0 Å². The summed E-state index contributed by atoms with van der Waals surface area (Å²) in [6.07, 6.45) is 1.97. The zero-order chi connectivity index (χ0) is 18.4. The van der Waals surface area contributed by atoms with Gasteiger partial charge in [0.25, 0.3) is 0 Å². The van der Waals surface area contributed by atoms with Crippen molar-refractivity contribution in [2.75, 3.05) is 6.54 Å². The van der Waals surface area contributed by atoms with E-state index in [0.717, 1.165) is 18.3 Å². The van der Waals surface area contributed by atoms with Gasteiger partial charge in [0.05, 0.1) is 0 Å². The molecule has 0 bridgehead atoms. The van der Waals surface area contributed by atoms with Gasteiger partial charge in [0.1, 0.15) is 12.1 Å². The molecule has 6 heteroatoms. The molecule has 1 radical (unpaired) electrons. The number of benzene rings is 1. The first-order chi connectivity index (χ1) is 11.8. The Kier molecular flexibility index (Phi) is 6.31. The van der Waals surface area contributed by atoms with E-state index in [2.05, 4.69) is 5.32 Å². The van der Waals surface area contributed by atoms with E-state index in [9.17, 15) is 14.4 Å². The van der Waals surface area contributed by atoms with Gasteiger partial charge in [0.15, 0.2) is 18.4 Å². The number of carbonyl (C=O) groups is 3. The van der Waals surface area contributed by atoms with Gasteiger partial charge in [0.2, 0.25) is 0 Å². The van der Waals surface area contributed by atoms with E-state index < -0.39 is 23.8 Å². The van der Waals surface area contributed by atoms with Crippen molar-refractivity contribution in [2.45, 2.75) is 57.7 Å². The Hall–Kier alpha value is -2.21. The highest BCUT2D eigenvalue weighted by molar-refractivity contribution is 5.90. The molecular formula is C19H26N2O4+. The molecule has 0 aliphatic carbocycles. The Morgan fingerprint density at radius 2 is 2.00 bits per heavy atom. The van der Waals surface area contributed by atoms with Crippen molar-refractivity contribution in [3.8, 4) is 0 Å². The molecule has 1 heterocycles. The van der Waals surface area contributed by atoms with Crippen molar-refractivity contribution in [3.05, 3.63) is 35.9 Å². The van der Waals surface area contributed by atoms with E-state index in [1.807, 2.05) is 30.3 Å². The van der Waals surface area contributed by atoms with Crippen LogP contribution in [0.1, 0.15) is 39.2 Å². The molecule has 25 heavy (non-hydrogen) atoms. The average molecular weight is 346 g/mol. The molecule has 135 valence electrons. The Bertz CT molecular complexity index is 610. The Labute approximate surface area is 148 Å². The van der Waals surface area contributed by atoms with Gasteiger partial charge in [0, 0.05) is 19.3 Å². The van der Waals surface area contributed by atoms with E-state index in [4.69, 9.17) is 4.74 Å². The van der Waals surface area contributed by atoms with E-state index in [1.54, 1.807) is 25.7 Å². The summed E-state index contributed by atoms with van der Waals surface area (Å²) >= 11 is 0. The first-order valence-corrected chi connectivity index (χ1v) is 8.59. The smallest absolute Gasteiger partial charge is 0.408 e. The van der Waals surface area contributed by atoms with Crippen LogP contribution in [0.5, 0.6) is 0 Å². The lowest BCUT2D eigenvalue weighted by Crippen LogP contribution is -2.55. The Morgan fingerprint density at radius 3 is 2.60 bits per heavy atom. The quantitative estimate of drug-likeness (QED) is 0.654. The number of nitrogens with zero attached hydrogens (tertiary/aromatic N) is 1. The summed E-state index contributed by atoms with van der Waals surface area (Å²) in [6.45, 7) is 5.83. The summed E-state index contributed by atoms with van der Waals surface area (Å²) in [5, 5.41) is 2.68. The minimum absolute atomic E-state index is 0.246. The number of aldehydes is 1. The second-order valence-electron chi connectivity index (χ2n) is 7.27. The standard InChI is InChI=1S/C19H26N2O4/c1-19(2,3)25-18(24)20-16(12-14-8-5-4-6-9-14)17(23)21-11-7-10-15(21)13-22/h4-6,8-9,13,15-16H,7,10-12H2,1-3H3,(H,20,24)/q+1/t15-,16-/m0/s1.